The fourth-order valence-corrected chi connectivity index (χ4v) is 8.92. The summed E-state index contributed by atoms with van der Waals surface area (Å²) in [7, 11) is -4.78. The van der Waals surface area contributed by atoms with Gasteiger partial charge in [-0.3, -0.25) is 23.4 Å². The molecule has 3 atom stereocenters. The van der Waals surface area contributed by atoms with Crippen LogP contribution in [0.5, 0.6) is 0 Å². The molecule has 0 aliphatic heterocycles. The molecule has 0 amide bonds. The minimum atomic E-state index is -4.78. The molecule has 0 aromatic rings. The van der Waals surface area contributed by atoms with Crippen molar-refractivity contribution < 1.29 is 52.2 Å². The van der Waals surface area contributed by atoms with E-state index in [1.165, 1.54) is 57.8 Å². The van der Waals surface area contributed by atoms with Crippen molar-refractivity contribution in [2.24, 2.45) is 0 Å². The molecular formula is C68H113O11P. The van der Waals surface area contributed by atoms with Gasteiger partial charge >= 0.3 is 25.7 Å². The summed E-state index contributed by atoms with van der Waals surface area (Å²) in [6.45, 7) is 4.34. The Morgan fingerprint density at radius 2 is 0.650 bits per heavy atom. The van der Waals surface area contributed by atoms with Crippen LogP contribution in [0.15, 0.2) is 122 Å². The zero-order chi connectivity index (χ0) is 58.3. The SMILES string of the molecule is CC/C=C\C/C=C\C/C=C\C/C=C\CCCCCCC(=O)OC(CO)COP(=O)(O)OCC(COC(=O)CCCCCCCCCCC/C=C\C/C=C\CCCCC)OC(=O)CCCCCC/C=C\C/C=C\C/C=C\C/C=C\CC. The van der Waals surface area contributed by atoms with Crippen LogP contribution in [0.1, 0.15) is 252 Å². The third kappa shape index (κ3) is 58.5. The van der Waals surface area contributed by atoms with Crippen molar-refractivity contribution in [2.75, 3.05) is 26.4 Å². The molecule has 0 rings (SSSR count). The summed E-state index contributed by atoms with van der Waals surface area (Å²) >= 11 is 0. The summed E-state index contributed by atoms with van der Waals surface area (Å²) in [5, 5.41) is 9.85. The maximum Gasteiger partial charge on any atom is 0.472 e. The number of carbonyl (C=O) groups excluding carboxylic acids is 3. The number of unbranched alkanes of at least 4 members (excludes halogenated alkanes) is 20. The number of phosphoric ester groups is 1. The maximum absolute atomic E-state index is 12.9. The second-order valence-electron chi connectivity index (χ2n) is 20.5. The van der Waals surface area contributed by atoms with E-state index >= 15 is 0 Å². The predicted molar refractivity (Wildman–Crippen MR) is 334 cm³/mol. The third-order valence-electron chi connectivity index (χ3n) is 12.8. The molecule has 0 aromatic heterocycles. The largest absolute Gasteiger partial charge is 0.472 e. The topological polar surface area (TPSA) is 155 Å². The van der Waals surface area contributed by atoms with Crippen LogP contribution >= 0.6 is 7.82 Å². The van der Waals surface area contributed by atoms with Gasteiger partial charge in [0.15, 0.2) is 6.10 Å². The summed E-state index contributed by atoms with van der Waals surface area (Å²) in [5.74, 6) is -1.53. The lowest BCUT2D eigenvalue weighted by molar-refractivity contribution is -0.161. The molecule has 0 aliphatic carbocycles. The monoisotopic (exact) mass is 1140 g/mol. The zero-order valence-corrected chi connectivity index (χ0v) is 51.4. The standard InChI is InChI=1S/C68H113O11P/c1-4-7-10-13-16-19-22-25-28-31-32-35-36-39-42-45-48-51-54-57-66(70)75-61-65(79-68(72)59-56-53-50-47-44-41-38-34-30-27-24-21-18-15-12-9-6-3)63-77-80(73,74)76-62-64(60-69)78-67(71)58-55-52-49-46-43-40-37-33-29-26-23-20-17-14-11-8-5-2/h8-9,11-12,16-21,25-30,37-38,40-41,64-65,69H,4-7,10,13-15,22-24,31-36,39,42-63H2,1-3H3,(H,73,74)/b11-8-,12-9-,19-16-,20-17-,21-18-,28-25-,29-26-,30-27-,40-37-,41-38-. The van der Waals surface area contributed by atoms with E-state index < -0.39 is 57.8 Å². The molecule has 2 N–H and O–H groups in total. The third-order valence-corrected chi connectivity index (χ3v) is 13.8. The van der Waals surface area contributed by atoms with Gasteiger partial charge in [0, 0.05) is 19.3 Å². The molecule has 0 fully saturated rings. The van der Waals surface area contributed by atoms with Gasteiger partial charge in [0.05, 0.1) is 19.8 Å². The number of aliphatic hydroxyl groups excluding tert-OH is 1. The van der Waals surface area contributed by atoms with Gasteiger partial charge in [0.2, 0.25) is 0 Å². The first kappa shape index (κ1) is 75.9. The average molecular weight is 1140 g/mol. The van der Waals surface area contributed by atoms with Crippen molar-refractivity contribution in [3.63, 3.8) is 0 Å². The molecule has 456 valence electrons. The molecular weight excluding hydrogens is 1020 g/mol. The van der Waals surface area contributed by atoms with Gasteiger partial charge < -0.3 is 24.2 Å². The van der Waals surface area contributed by atoms with E-state index in [1.54, 1.807) is 0 Å². The van der Waals surface area contributed by atoms with E-state index in [0.29, 0.717) is 19.3 Å². The number of ether oxygens (including phenoxy) is 3. The summed E-state index contributed by atoms with van der Waals surface area (Å²) < 4.78 is 39.6. The van der Waals surface area contributed by atoms with Crippen molar-refractivity contribution in [1.82, 2.24) is 0 Å². The van der Waals surface area contributed by atoms with Gasteiger partial charge in [-0.1, -0.05) is 226 Å². The molecule has 12 heteroatoms. The van der Waals surface area contributed by atoms with Gasteiger partial charge in [0.1, 0.15) is 12.7 Å². The number of phosphoric acid groups is 1. The van der Waals surface area contributed by atoms with Gasteiger partial charge in [-0.2, -0.15) is 0 Å². The first-order valence-electron chi connectivity index (χ1n) is 31.4. The molecule has 11 nitrogen and oxygen atoms in total. The van der Waals surface area contributed by atoms with E-state index in [4.69, 9.17) is 23.3 Å². The summed E-state index contributed by atoms with van der Waals surface area (Å²) in [6.07, 6.45) is 75.7. The first-order chi connectivity index (χ1) is 39.2. The molecule has 0 bridgehead atoms. The quantitative estimate of drug-likeness (QED) is 0.0197. The molecule has 0 saturated carbocycles. The van der Waals surface area contributed by atoms with Crippen LogP contribution in [0.25, 0.3) is 0 Å². The van der Waals surface area contributed by atoms with Crippen LogP contribution in [-0.4, -0.2) is 66.5 Å². The van der Waals surface area contributed by atoms with Crippen LogP contribution in [0, 0.1) is 0 Å². The molecule has 0 saturated heterocycles. The summed E-state index contributed by atoms with van der Waals surface area (Å²) in [4.78, 5) is 48.7. The van der Waals surface area contributed by atoms with Crippen LogP contribution < -0.4 is 0 Å². The fraction of sp³-hybridized carbons (Fsp3) is 0.662. The number of rotatable bonds is 57. The van der Waals surface area contributed by atoms with Crippen molar-refractivity contribution >= 4 is 25.7 Å². The Bertz CT molecular complexity index is 1800. The Morgan fingerprint density at radius 1 is 0.362 bits per heavy atom. The number of hydrogen-bond donors (Lipinski definition) is 2. The lowest BCUT2D eigenvalue weighted by Crippen LogP contribution is -2.30. The van der Waals surface area contributed by atoms with Crippen molar-refractivity contribution in [3.8, 4) is 0 Å². The highest BCUT2D eigenvalue weighted by Crippen LogP contribution is 2.43. The summed E-state index contributed by atoms with van der Waals surface area (Å²) in [5.41, 5.74) is 0. The number of hydrogen-bond acceptors (Lipinski definition) is 10. The van der Waals surface area contributed by atoms with Crippen LogP contribution in [0.4, 0.5) is 0 Å². The van der Waals surface area contributed by atoms with E-state index in [0.717, 1.165) is 135 Å². The first-order valence-corrected chi connectivity index (χ1v) is 32.9. The van der Waals surface area contributed by atoms with E-state index in [9.17, 15) is 28.9 Å². The van der Waals surface area contributed by atoms with Crippen LogP contribution in [-0.2, 0) is 42.2 Å². The molecule has 80 heavy (non-hydrogen) atoms. The van der Waals surface area contributed by atoms with Gasteiger partial charge in [-0.25, -0.2) is 4.57 Å². The number of allylic oxidation sites excluding steroid dienone is 20. The minimum Gasteiger partial charge on any atom is -0.462 e. The predicted octanol–water partition coefficient (Wildman–Crippen LogP) is 19.1. The Labute approximate surface area is 487 Å². The Morgan fingerprint density at radius 3 is 1.00 bits per heavy atom. The molecule has 3 unspecified atom stereocenters. The van der Waals surface area contributed by atoms with Crippen molar-refractivity contribution in [1.29, 1.82) is 0 Å². The molecule has 0 spiro atoms. The van der Waals surface area contributed by atoms with Crippen molar-refractivity contribution in [2.45, 2.75) is 264 Å². The number of esters is 3. The highest BCUT2D eigenvalue weighted by Gasteiger charge is 2.28. The normalized spacial score (nSPS) is 14.1. The van der Waals surface area contributed by atoms with E-state index in [2.05, 4.69) is 142 Å². The second-order valence-corrected chi connectivity index (χ2v) is 21.9. The second kappa shape index (κ2) is 61.0. The molecule has 0 aliphatic rings. The lowest BCUT2D eigenvalue weighted by Gasteiger charge is -2.21. The smallest absolute Gasteiger partial charge is 0.462 e. The minimum absolute atomic E-state index is 0.131. The average Bonchev–Trinajstić information content (AvgIpc) is 3.45. The summed E-state index contributed by atoms with van der Waals surface area (Å²) in [6, 6.07) is 0. The Kier molecular flexibility index (Phi) is 57.8. The number of carbonyl (C=O) groups is 3. The highest BCUT2D eigenvalue weighted by atomic mass is 31.2. The van der Waals surface area contributed by atoms with E-state index in [-0.39, 0.29) is 25.9 Å². The molecule has 0 heterocycles. The fourth-order valence-electron chi connectivity index (χ4n) is 8.13. The number of aliphatic hydroxyl groups is 1. The molecule has 0 aromatic carbocycles. The van der Waals surface area contributed by atoms with Crippen LogP contribution in [0.2, 0.25) is 0 Å². The maximum atomic E-state index is 12.9. The lowest BCUT2D eigenvalue weighted by atomic mass is 10.1. The Balaban J connectivity index is 4.78. The van der Waals surface area contributed by atoms with Crippen molar-refractivity contribution in [3.05, 3.63) is 122 Å². The van der Waals surface area contributed by atoms with Gasteiger partial charge in [-0.15, -0.1) is 0 Å². The van der Waals surface area contributed by atoms with Gasteiger partial charge in [0.25, 0.3) is 0 Å². The van der Waals surface area contributed by atoms with E-state index in [1.807, 2.05) is 0 Å². The molecule has 0 radical (unpaired) electrons. The van der Waals surface area contributed by atoms with Gasteiger partial charge in [-0.05, 0) is 128 Å². The zero-order valence-electron chi connectivity index (χ0n) is 50.5. The van der Waals surface area contributed by atoms with Crippen LogP contribution in [0.3, 0.4) is 0 Å². The Hall–Kier alpha value is -4.12. The highest BCUT2D eigenvalue weighted by molar-refractivity contribution is 7.47.